The van der Waals surface area contributed by atoms with E-state index in [0.29, 0.717) is 17.6 Å². The lowest BCUT2D eigenvalue weighted by Gasteiger charge is -2.45. The lowest BCUT2D eigenvalue weighted by Crippen LogP contribution is -2.59. The van der Waals surface area contributed by atoms with Crippen LogP contribution in [-0.4, -0.2) is 49.3 Å². The quantitative estimate of drug-likeness (QED) is 0.757. The Kier molecular flexibility index (Phi) is 4.11. The Balaban J connectivity index is 1.92. The summed E-state index contributed by atoms with van der Waals surface area (Å²) in [5, 5.41) is 3.67. The van der Waals surface area contributed by atoms with Crippen LogP contribution in [0.3, 0.4) is 0 Å². The van der Waals surface area contributed by atoms with Gasteiger partial charge in [-0.25, -0.2) is 0 Å². The van der Waals surface area contributed by atoms with Crippen molar-refractivity contribution in [2.75, 3.05) is 26.2 Å². The van der Waals surface area contributed by atoms with Gasteiger partial charge in [0.15, 0.2) is 0 Å². The zero-order valence-electron chi connectivity index (χ0n) is 11.8. The van der Waals surface area contributed by atoms with Crippen molar-refractivity contribution in [3.63, 3.8) is 0 Å². The highest BCUT2D eigenvalue weighted by Crippen LogP contribution is 2.25. The smallest absolute Gasteiger partial charge is 0.0561 e. The van der Waals surface area contributed by atoms with Crippen LogP contribution in [0.15, 0.2) is 0 Å². The molecule has 0 amide bonds. The van der Waals surface area contributed by atoms with Gasteiger partial charge in [0.25, 0.3) is 0 Å². The standard InChI is InChI=1S/C14H28N2O/c1-11-9-12(5-8-17-11)16-7-6-15-13(10-16)14(2,3)4/h11-13,15H,5-10H2,1-4H3. The van der Waals surface area contributed by atoms with Crippen LogP contribution >= 0.6 is 0 Å². The Hall–Kier alpha value is -0.120. The number of hydrogen-bond acceptors (Lipinski definition) is 3. The van der Waals surface area contributed by atoms with Crippen molar-refractivity contribution in [2.45, 2.75) is 58.7 Å². The normalized spacial score (nSPS) is 37.1. The average molecular weight is 240 g/mol. The maximum Gasteiger partial charge on any atom is 0.0561 e. The number of nitrogens with one attached hydrogen (secondary N) is 1. The van der Waals surface area contributed by atoms with E-state index in [2.05, 4.69) is 37.9 Å². The van der Waals surface area contributed by atoms with Gasteiger partial charge in [0.05, 0.1) is 6.10 Å². The third-order valence-electron chi connectivity index (χ3n) is 4.23. The molecule has 2 aliphatic rings. The summed E-state index contributed by atoms with van der Waals surface area (Å²) in [6, 6.07) is 1.36. The topological polar surface area (TPSA) is 24.5 Å². The van der Waals surface area contributed by atoms with Gasteiger partial charge >= 0.3 is 0 Å². The number of ether oxygens (including phenoxy) is 1. The first-order valence-electron chi connectivity index (χ1n) is 7.06. The third kappa shape index (κ3) is 3.43. The first-order chi connectivity index (χ1) is 7.97. The minimum Gasteiger partial charge on any atom is -0.378 e. The third-order valence-corrected chi connectivity index (χ3v) is 4.23. The van der Waals surface area contributed by atoms with E-state index in [0.717, 1.165) is 19.2 Å². The minimum atomic E-state index is 0.357. The van der Waals surface area contributed by atoms with Crippen molar-refractivity contribution in [3.8, 4) is 0 Å². The van der Waals surface area contributed by atoms with Gasteiger partial charge in [0.1, 0.15) is 0 Å². The highest BCUT2D eigenvalue weighted by Gasteiger charge is 2.33. The van der Waals surface area contributed by atoms with E-state index in [9.17, 15) is 0 Å². The van der Waals surface area contributed by atoms with Crippen LogP contribution in [0.2, 0.25) is 0 Å². The van der Waals surface area contributed by atoms with Crippen molar-refractivity contribution in [1.82, 2.24) is 10.2 Å². The first-order valence-corrected chi connectivity index (χ1v) is 7.06. The zero-order chi connectivity index (χ0) is 12.5. The molecule has 3 unspecified atom stereocenters. The van der Waals surface area contributed by atoms with Gasteiger partial charge in [-0.3, -0.25) is 4.90 Å². The SMILES string of the molecule is CC1CC(N2CCNC(C(C)(C)C)C2)CCO1. The Morgan fingerprint density at radius 1 is 1.29 bits per heavy atom. The summed E-state index contributed by atoms with van der Waals surface area (Å²) in [5.41, 5.74) is 0.357. The van der Waals surface area contributed by atoms with Crippen LogP contribution in [0.5, 0.6) is 0 Å². The summed E-state index contributed by atoms with van der Waals surface area (Å²) in [7, 11) is 0. The Labute approximate surface area is 106 Å². The maximum absolute atomic E-state index is 5.65. The second-order valence-electron chi connectivity index (χ2n) is 6.73. The number of piperazine rings is 1. The summed E-state index contributed by atoms with van der Waals surface area (Å²) in [6.07, 6.45) is 2.86. The maximum atomic E-state index is 5.65. The minimum absolute atomic E-state index is 0.357. The molecule has 3 atom stereocenters. The van der Waals surface area contributed by atoms with E-state index in [4.69, 9.17) is 4.74 Å². The zero-order valence-corrected chi connectivity index (χ0v) is 11.8. The van der Waals surface area contributed by atoms with Crippen LogP contribution < -0.4 is 5.32 Å². The molecule has 17 heavy (non-hydrogen) atoms. The molecule has 0 aromatic rings. The highest BCUT2D eigenvalue weighted by molar-refractivity contribution is 4.90. The molecule has 0 aromatic carbocycles. The molecule has 0 radical (unpaired) electrons. The molecule has 3 heteroatoms. The van der Waals surface area contributed by atoms with Gasteiger partial charge in [-0.2, -0.15) is 0 Å². The molecule has 0 aliphatic carbocycles. The highest BCUT2D eigenvalue weighted by atomic mass is 16.5. The molecule has 3 nitrogen and oxygen atoms in total. The molecule has 100 valence electrons. The molecular formula is C14H28N2O. The lowest BCUT2D eigenvalue weighted by atomic mass is 9.85. The summed E-state index contributed by atoms with van der Waals surface area (Å²) in [5.74, 6) is 0. The molecule has 2 aliphatic heterocycles. The van der Waals surface area contributed by atoms with Gasteiger partial charge in [0, 0.05) is 38.3 Å². The van der Waals surface area contributed by atoms with E-state index in [1.54, 1.807) is 0 Å². The molecule has 0 spiro atoms. The Morgan fingerprint density at radius 3 is 2.71 bits per heavy atom. The summed E-state index contributed by atoms with van der Waals surface area (Å²) >= 11 is 0. The van der Waals surface area contributed by atoms with Crippen LogP contribution in [0.25, 0.3) is 0 Å². The number of rotatable bonds is 1. The molecule has 0 saturated carbocycles. The van der Waals surface area contributed by atoms with E-state index < -0.39 is 0 Å². The van der Waals surface area contributed by atoms with Crippen LogP contribution in [0.4, 0.5) is 0 Å². The molecule has 1 N–H and O–H groups in total. The summed E-state index contributed by atoms with van der Waals surface area (Å²) in [6.45, 7) is 13.7. The fraction of sp³-hybridized carbons (Fsp3) is 1.00. The van der Waals surface area contributed by atoms with E-state index in [1.165, 1.54) is 25.9 Å². The monoisotopic (exact) mass is 240 g/mol. The first kappa shape index (κ1) is 13.3. The second-order valence-corrected chi connectivity index (χ2v) is 6.73. The van der Waals surface area contributed by atoms with Gasteiger partial charge < -0.3 is 10.1 Å². The van der Waals surface area contributed by atoms with Gasteiger partial charge in [0.2, 0.25) is 0 Å². The predicted molar refractivity (Wildman–Crippen MR) is 71.3 cm³/mol. The van der Waals surface area contributed by atoms with Crippen molar-refractivity contribution >= 4 is 0 Å². The lowest BCUT2D eigenvalue weighted by molar-refractivity contribution is -0.0279. The van der Waals surface area contributed by atoms with Crippen molar-refractivity contribution in [2.24, 2.45) is 5.41 Å². The van der Waals surface area contributed by atoms with Crippen LogP contribution in [0.1, 0.15) is 40.5 Å². The van der Waals surface area contributed by atoms with Gasteiger partial charge in [-0.05, 0) is 25.2 Å². The molecular weight excluding hydrogens is 212 g/mol. The molecule has 2 fully saturated rings. The number of hydrogen-bond donors (Lipinski definition) is 1. The Morgan fingerprint density at radius 2 is 2.06 bits per heavy atom. The van der Waals surface area contributed by atoms with Crippen molar-refractivity contribution < 1.29 is 4.74 Å². The van der Waals surface area contributed by atoms with Crippen molar-refractivity contribution in [3.05, 3.63) is 0 Å². The van der Waals surface area contributed by atoms with Gasteiger partial charge in [-0.1, -0.05) is 20.8 Å². The van der Waals surface area contributed by atoms with E-state index >= 15 is 0 Å². The fourth-order valence-corrected chi connectivity index (χ4v) is 2.99. The second kappa shape index (κ2) is 5.25. The van der Waals surface area contributed by atoms with Crippen LogP contribution in [0, 0.1) is 5.41 Å². The van der Waals surface area contributed by atoms with E-state index in [-0.39, 0.29) is 0 Å². The average Bonchev–Trinajstić information content (AvgIpc) is 2.28. The molecule has 2 heterocycles. The summed E-state index contributed by atoms with van der Waals surface area (Å²) in [4.78, 5) is 2.69. The molecule has 2 saturated heterocycles. The molecule has 0 aromatic heterocycles. The summed E-state index contributed by atoms with van der Waals surface area (Å²) < 4.78 is 5.65. The van der Waals surface area contributed by atoms with Gasteiger partial charge in [-0.15, -0.1) is 0 Å². The van der Waals surface area contributed by atoms with E-state index in [1.807, 2.05) is 0 Å². The number of nitrogens with zero attached hydrogens (tertiary/aromatic N) is 1. The Bertz CT molecular complexity index is 249. The largest absolute Gasteiger partial charge is 0.378 e. The van der Waals surface area contributed by atoms with Crippen LogP contribution in [-0.2, 0) is 4.74 Å². The van der Waals surface area contributed by atoms with Crippen molar-refractivity contribution in [1.29, 1.82) is 0 Å². The fourth-order valence-electron chi connectivity index (χ4n) is 2.99. The molecule has 0 bridgehead atoms. The predicted octanol–water partition coefficient (Wildman–Crippen LogP) is 1.87. The molecule has 2 rings (SSSR count).